The van der Waals surface area contributed by atoms with E-state index < -0.39 is 0 Å². The fourth-order valence-corrected chi connectivity index (χ4v) is 3.57. The molecule has 0 aliphatic heterocycles. The van der Waals surface area contributed by atoms with Crippen LogP contribution in [-0.2, 0) is 0 Å². The number of fused-ring (bicyclic) bond motifs is 1. The van der Waals surface area contributed by atoms with Crippen LogP contribution in [0.15, 0.2) is 0 Å². The van der Waals surface area contributed by atoms with Gasteiger partial charge < -0.3 is 0 Å². The van der Waals surface area contributed by atoms with E-state index >= 15 is 0 Å². The zero-order valence-corrected chi connectivity index (χ0v) is 7.90. The third kappa shape index (κ3) is 1.11. The summed E-state index contributed by atoms with van der Waals surface area (Å²) in [5.41, 5.74) is 0.762. The zero-order chi connectivity index (χ0) is 7.90. The van der Waals surface area contributed by atoms with Crippen molar-refractivity contribution in [3.05, 3.63) is 0 Å². The van der Waals surface area contributed by atoms with E-state index in [0.29, 0.717) is 0 Å². The molecule has 1 unspecified atom stereocenters. The SMILES string of the molecule is C[C@H]1CCC[C@]2(C)CCCC12. The van der Waals surface area contributed by atoms with Gasteiger partial charge in [0.15, 0.2) is 0 Å². The Kier molecular flexibility index (Phi) is 1.74. The van der Waals surface area contributed by atoms with Crippen LogP contribution in [0.5, 0.6) is 0 Å². The van der Waals surface area contributed by atoms with Gasteiger partial charge in [0.25, 0.3) is 0 Å². The lowest BCUT2D eigenvalue weighted by Crippen LogP contribution is -2.31. The first-order valence-corrected chi connectivity index (χ1v) is 5.22. The molecule has 2 aliphatic carbocycles. The van der Waals surface area contributed by atoms with E-state index in [1.807, 2.05) is 0 Å². The summed E-state index contributed by atoms with van der Waals surface area (Å²) < 4.78 is 0. The van der Waals surface area contributed by atoms with Gasteiger partial charge in [0.1, 0.15) is 0 Å². The minimum absolute atomic E-state index is 0.762. The van der Waals surface area contributed by atoms with Crippen LogP contribution >= 0.6 is 0 Å². The molecule has 0 amide bonds. The van der Waals surface area contributed by atoms with E-state index in [4.69, 9.17) is 0 Å². The maximum atomic E-state index is 2.53. The average Bonchev–Trinajstić information content (AvgIpc) is 2.31. The van der Waals surface area contributed by atoms with Crippen molar-refractivity contribution in [3.8, 4) is 0 Å². The van der Waals surface area contributed by atoms with Crippen LogP contribution in [0, 0.1) is 17.3 Å². The molecule has 0 heteroatoms. The van der Waals surface area contributed by atoms with E-state index in [-0.39, 0.29) is 0 Å². The van der Waals surface area contributed by atoms with Crippen molar-refractivity contribution in [2.75, 3.05) is 0 Å². The van der Waals surface area contributed by atoms with E-state index in [1.54, 1.807) is 0 Å². The molecule has 11 heavy (non-hydrogen) atoms. The maximum Gasteiger partial charge on any atom is -0.0295 e. The smallest absolute Gasteiger partial charge is 0.0295 e. The van der Waals surface area contributed by atoms with Gasteiger partial charge in [-0.05, 0) is 36.5 Å². The van der Waals surface area contributed by atoms with Crippen molar-refractivity contribution in [3.63, 3.8) is 0 Å². The molecule has 0 saturated heterocycles. The van der Waals surface area contributed by atoms with Crippen molar-refractivity contribution in [2.45, 2.75) is 52.4 Å². The van der Waals surface area contributed by atoms with Crippen LogP contribution in [0.25, 0.3) is 0 Å². The molecule has 64 valence electrons. The van der Waals surface area contributed by atoms with Gasteiger partial charge in [-0.1, -0.05) is 33.1 Å². The molecule has 0 radical (unpaired) electrons. The van der Waals surface area contributed by atoms with Crippen molar-refractivity contribution in [2.24, 2.45) is 17.3 Å². The predicted octanol–water partition coefficient (Wildman–Crippen LogP) is 3.61. The molecule has 0 heterocycles. The Morgan fingerprint density at radius 2 is 1.73 bits per heavy atom. The van der Waals surface area contributed by atoms with Crippen LogP contribution < -0.4 is 0 Å². The van der Waals surface area contributed by atoms with Gasteiger partial charge in [-0.25, -0.2) is 0 Å². The summed E-state index contributed by atoms with van der Waals surface area (Å²) in [7, 11) is 0. The van der Waals surface area contributed by atoms with Crippen LogP contribution in [0.3, 0.4) is 0 Å². The van der Waals surface area contributed by atoms with Gasteiger partial charge in [-0.2, -0.15) is 0 Å². The first-order chi connectivity index (χ1) is 5.22. The number of hydrogen-bond donors (Lipinski definition) is 0. The molecule has 0 aromatic rings. The standard InChI is InChI=1S/C11H20/c1-9-5-3-7-11(2)8-4-6-10(9)11/h9-10H,3-8H2,1-2H3/t9-,10?,11+/m0/s1. The first kappa shape index (κ1) is 7.64. The molecule has 0 bridgehead atoms. The van der Waals surface area contributed by atoms with E-state index in [0.717, 1.165) is 17.3 Å². The van der Waals surface area contributed by atoms with Crippen molar-refractivity contribution < 1.29 is 0 Å². The second-order valence-corrected chi connectivity index (χ2v) is 5.02. The van der Waals surface area contributed by atoms with Gasteiger partial charge >= 0.3 is 0 Å². The third-order valence-corrected chi connectivity index (χ3v) is 4.25. The molecule has 2 rings (SSSR count). The second kappa shape index (κ2) is 2.50. The van der Waals surface area contributed by atoms with E-state index in [9.17, 15) is 0 Å². The summed E-state index contributed by atoms with van der Waals surface area (Å²) in [6.45, 7) is 4.99. The Morgan fingerprint density at radius 3 is 2.36 bits per heavy atom. The zero-order valence-electron chi connectivity index (χ0n) is 7.90. The lowest BCUT2D eigenvalue weighted by Gasteiger charge is -2.40. The fourth-order valence-electron chi connectivity index (χ4n) is 3.57. The maximum absolute atomic E-state index is 2.53. The van der Waals surface area contributed by atoms with Crippen molar-refractivity contribution >= 4 is 0 Å². The molecule has 3 atom stereocenters. The summed E-state index contributed by atoms with van der Waals surface area (Å²) >= 11 is 0. The Bertz CT molecular complexity index is 150. The highest BCUT2D eigenvalue weighted by molar-refractivity contribution is 4.93. The number of rotatable bonds is 0. The second-order valence-electron chi connectivity index (χ2n) is 5.02. The van der Waals surface area contributed by atoms with Crippen LogP contribution in [0.4, 0.5) is 0 Å². The summed E-state index contributed by atoms with van der Waals surface area (Å²) in [6.07, 6.45) is 9.06. The monoisotopic (exact) mass is 152 g/mol. The molecule has 2 aliphatic rings. The minimum atomic E-state index is 0.762. The van der Waals surface area contributed by atoms with Crippen LogP contribution in [0.1, 0.15) is 52.4 Å². The lowest BCUT2D eigenvalue weighted by atomic mass is 9.65. The normalized spacial score (nSPS) is 50.7. The summed E-state index contributed by atoms with van der Waals surface area (Å²) in [4.78, 5) is 0. The fraction of sp³-hybridized carbons (Fsp3) is 1.00. The molecule has 0 N–H and O–H groups in total. The van der Waals surface area contributed by atoms with Gasteiger partial charge in [-0.15, -0.1) is 0 Å². The minimum Gasteiger partial charge on any atom is -0.0622 e. The highest BCUT2D eigenvalue weighted by Crippen LogP contribution is 2.53. The van der Waals surface area contributed by atoms with Gasteiger partial charge in [0.2, 0.25) is 0 Å². The number of hydrogen-bond acceptors (Lipinski definition) is 0. The molecule has 0 aromatic carbocycles. The van der Waals surface area contributed by atoms with Crippen molar-refractivity contribution in [1.29, 1.82) is 0 Å². The average molecular weight is 152 g/mol. The molecule has 0 nitrogen and oxygen atoms in total. The van der Waals surface area contributed by atoms with E-state index in [2.05, 4.69) is 13.8 Å². The van der Waals surface area contributed by atoms with Gasteiger partial charge in [-0.3, -0.25) is 0 Å². The predicted molar refractivity (Wildman–Crippen MR) is 48.5 cm³/mol. The summed E-state index contributed by atoms with van der Waals surface area (Å²) in [6, 6.07) is 0. The van der Waals surface area contributed by atoms with Crippen LogP contribution in [0.2, 0.25) is 0 Å². The molecular weight excluding hydrogens is 132 g/mol. The Labute approximate surface area is 70.4 Å². The molecule has 2 saturated carbocycles. The quantitative estimate of drug-likeness (QED) is 0.497. The molecule has 2 fully saturated rings. The first-order valence-electron chi connectivity index (χ1n) is 5.22. The van der Waals surface area contributed by atoms with Crippen molar-refractivity contribution in [1.82, 2.24) is 0 Å². The topological polar surface area (TPSA) is 0 Å². The largest absolute Gasteiger partial charge is 0.0622 e. The Balaban J connectivity index is 2.15. The highest BCUT2D eigenvalue weighted by atomic mass is 14.5. The Hall–Kier alpha value is 0. The van der Waals surface area contributed by atoms with Crippen LogP contribution in [-0.4, -0.2) is 0 Å². The third-order valence-electron chi connectivity index (χ3n) is 4.25. The lowest BCUT2D eigenvalue weighted by molar-refractivity contribution is 0.0992. The van der Waals surface area contributed by atoms with Gasteiger partial charge in [0.05, 0.1) is 0 Å². The van der Waals surface area contributed by atoms with Gasteiger partial charge in [0, 0.05) is 0 Å². The molecule has 0 spiro atoms. The molecular formula is C11H20. The van der Waals surface area contributed by atoms with E-state index in [1.165, 1.54) is 38.5 Å². The Morgan fingerprint density at radius 1 is 1.09 bits per heavy atom. The highest BCUT2D eigenvalue weighted by Gasteiger charge is 2.43. The summed E-state index contributed by atoms with van der Waals surface area (Å²) in [5, 5.41) is 0. The molecule has 0 aromatic heterocycles. The summed E-state index contributed by atoms with van der Waals surface area (Å²) in [5.74, 6) is 2.10.